The summed E-state index contributed by atoms with van der Waals surface area (Å²) in [6, 6.07) is 15.5. The molecule has 3 heteroatoms. The molecule has 0 bridgehead atoms. The van der Waals surface area contributed by atoms with Crippen molar-refractivity contribution in [3.8, 4) is 0 Å². The zero-order chi connectivity index (χ0) is 14.5. The topological polar surface area (TPSA) is 29.9 Å². The molecule has 1 N–H and O–H groups in total. The highest BCUT2D eigenvalue weighted by Gasteiger charge is 2.11. The largest absolute Gasteiger partial charge is 0.336 e. The lowest BCUT2D eigenvalue weighted by molar-refractivity contribution is 0.463. The third-order valence-corrected chi connectivity index (χ3v) is 3.77. The minimum Gasteiger partial charge on any atom is -0.336 e. The molecule has 0 amide bonds. The molecule has 0 fully saturated rings. The summed E-state index contributed by atoms with van der Waals surface area (Å²) in [5.74, 6) is 0. The Balaban J connectivity index is 1.89. The fourth-order valence-corrected chi connectivity index (χ4v) is 2.64. The molecular formula is C18H21N3. The van der Waals surface area contributed by atoms with Gasteiger partial charge in [0.05, 0.1) is 12.4 Å². The molecule has 3 rings (SSSR count). The van der Waals surface area contributed by atoms with E-state index >= 15 is 0 Å². The van der Waals surface area contributed by atoms with E-state index in [1.807, 2.05) is 18.7 Å². The second kappa shape index (κ2) is 6.55. The van der Waals surface area contributed by atoms with Crippen molar-refractivity contribution in [2.45, 2.75) is 25.9 Å². The van der Waals surface area contributed by atoms with Gasteiger partial charge < -0.3 is 9.88 Å². The van der Waals surface area contributed by atoms with Gasteiger partial charge in [0.25, 0.3) is 0 Å². The molecule has 1 unspecified atom stereocenters. The number of imidazole rings is 1. The molecule has 0 aliphatic rings. The first kappa shape index (κ1) is 13.8. The Morgan fingerprint density at radius 1 is 1.14 bits per heavy atom. The second-order valence-electron chi connectivity index (χ2n) is 5.37. The van der Waals surface area contributed by atoms with Crippen molar-refractivity contribution in [2.24, 2.45) is 0 Å². The van der Waals surface area contributed by atoms with E-state index < -0.39 is 0 Å². The Kier molecular flexibility index (Phi) is 4.31. The molecule has 0 radical (unpaired) electrons. The first-order chi connectivity index (χ1) is 10.4. The Morgan fingerprint density at radius 2 is 2.00 bits per heavy atom. The highest BCUT2D eigenvalue weighted by molar-refractivity contribution is 5.83. The van der Waals surface area contributed by atoms with Gasteiger partial charge in [0.1, 0.15) is 0 Å². The predicted octanol–water partition coefficient (Wildman–Crippen LogP) is 3.78. The number of hydrogen-bond donors (Lipinski definition) is 1. The summed E-state index contributed by atoms with van der Waals surface area (Å²) in [7, 11) is 0. The van der Waals surface area contributed by atoms with Crippen LogP contribution in [0.25, 0.3) is 10.8 Å². The first-order valence-corrected chi connectivity index (χ1v) is 7.54. The molecule has 2 aromatic carbocycles. The molecule has 0 spiro atoms. The van der Waals surface area contributed by atoms with E-state index in [-0.39, 0.29) is 0 Å². The maximum absolute atomic E-state index is 4.13. The summed E-state index contributed by atoms with van der Waals surface area (Å²) in [5.41, 5.74) is 1.33. The molecule has 108 valence electrons. The molecule has 1 atom stereocenters. The lowest BCUT2D eigenvalue weighted by Gasteiger charge is -2.20. The maximum atomic E-state index is 4.13. The van der Waals surface area contributed by atoms with Crippen LogP contribution in [0, 0.1) is 0 Å². The molecule has 3 nitrogen and oxygen atoms in total. The number of aromatic nitrogens is 2. The Morgan fingerprint density at radius 3 is 2.76 bits per heavy atom. The number of nitrogens with zero attached hydrogens (tertiary/aromatic N) is 2. The molecule has 1 heterocycles. The SMILES string of the molecule is CCCNC(Cn1ccnc1)c1ccc2ccccc2c1. The average Bonchev–Trinajstić information content (AvgIpc) is 3.04. The zero-order valence-corrected chi connectivity index (χ0v) is 12.4. The summed E-state index contributed by atoms with van der Waals surface area (Å²) in [5, 5.41) is 6.23. The average molecular weight is 279 g/mol. The van der Waals surface area contributed by atoms with E-state index in [2.05, 4.69) is 64.3 Å². The monoisotopic (exact) mass is 279 g/mol. The number of benzene rings is 2. The van der Waals surface area contributed by atoms with Gasteiger partial charge in [-0.15, -0.1) is 0 Å². The summed E-state index contributed by atoms with van der Waals surface area (Å²) in [6.45, 7) is 4.12. The highest BCUT2D eigenvalue weighted by atomic mass is 15.1. The number of hydrogen-bond acceptors (Lipinski definition) is 2. The predicted molar refractivity (Wildman–Crippen MR) is 87.2 cm³/mol. The van der Waals surface area contributed by atoms with Gasteiger partial charge in [0.2, 0.25) is 0 Å². The van der Waals surface area contributed by atoms with Gasteiger partial charge in [-0.25, -0.2) is 4.98 Å². The van der Waals surface area contributed by atoms with Crippen LogP contribution in [-0.2, 0) is 6.54 Å². The molecule has 3 aromatic rings. The smallest absolute Gasteiger partial charge is 0.0946 e. The van der Waals surface area contributed by atoms with Crippen LogP contribution < -0.4 is 5.32 Å². The number of nitrogens with one attached hydrogen (secondary N) is 1. The first-order valence-electron chi connectivity index (χ1n) is 7.54. The summed E-state index contributed by atoms with van der Waals surface area (Å²) in [4.78, 5) is 4.13. The zero-order valence-electron chi connectivity index (χ0n) is 12.4. The van der Waals surface area contributed by atoms with Gasteiger partial charge in [0.15, 0.2) is 0 Å². The van der Waals surface area contributed by atoms with E-state index in [9.17, 15) is 0 Å². The standard InChI is InChI=1S/C18H21N3/c1-2-9-20-18(13-21-11-10-19-14-21)17-8-7-15-5-3-4-6-16(15)12-17/h3-8,10-12,14,18,20H,2,9,13H2,1H3. The summed E-state index contributed by atoms with van der Waals surface area (Å²) in [6.07, 6.45) is 6.86. The molecule has 21 heavy (non-hydrogen) atoms. The van der Waals surface area contributed by atoms with Crippen LogP contribution in [0.2, 0.25) is 0 Å². The molecule has 0 aliphatic heterocycles. The summed E-state index contributed by atoms with van der Waals surface area (Å²) < 4.78 is 2.13. The molecule has 0 saturated heterocycles. The minimum atomic E-state index is 0.309. The van der Waals surface area contributed by atoms with Gasteiger partial charge in [-0.2, -0.15) is 0 Å². The van der Waals surface area contributed by atoms with Crippen molar-refractivity contribution in [1.82, 2.24) is 14.9 Å². The van der Waals surface area contributed by atoms with Gasteiger partial charge in [0, 0.05) is 18.9 Å². The van der Waals surface area contributed by atoms with E-state index in [0.29, 0.717) is 6.04 Å². The van der Waals surface area contributed by atoms with Crippen molar-refractivity contribution in [3.63, 3.8) is 0 Å². The van der Waals surface area contributed by atoms with Crippen LogP contribution in [0.5, 0.6) is 0 Å². The molecular weight excluding hydrogens is 258 g/mol. The third kappa shape index (κ3) is 3.31. The molecule has 0 aliphatic carbocycles. The van der Waals surface area contributed by atoms with Crippen LogP contribution in [-0.4, -0.2) is 16.1 Å². The van der Waals surface area contributed by atoms with Crippen molar-refractivity contribution >= 4 is 10.8 Å². The molecule has 0 saturated carbocycles. The normalized spacial score (nSPS) is 12.6. The van der Waals surface area contributed by atoms with Crippen LogP contribution in [0.3, 0.4) is 0 Å². The van der Waals surface area contributed by atoms with Gasteiger partial charge in [-0.3, -0.25) is 0 Å². The quantitative estimate of drug-likeness (QED) is 0.744. The fraction of sp³-hybridized carbons (Fsp3) is 0.278. The Labute approximate surface area is 125 Å². The summed E-state index contributed by atoms with van der Waals surface area (Å²) >= 11 is 0. The van der Waals surface area contributed by atoms with E-state index in [1.165, 1.54) is 16.3 Å². The Bertz CT molecular complexity index is 689. The number of rotatable bonds is 6. The van der Waals surface area contributed by atoms with Crippen molar-refractivity contribution in [3.05, 3.63) is 66.7 Å². The third-order valence-electron chi connectivity index (χ3n) is 3.77. The highest BCUT2D eigenvalue weighted by Crippen LogP contribution is 2.21. The van der Waals surface area contributed by atoms with Gasteiger partial charge >= 0.3 is 0 Å². The Hall–Kier alpha value is -2.13. The van der Waals surface area contributed by atoms with Crippen LogP contribution in [0.4, 0.5) is 0 Å². The van der Waals surface area contributed by atoms with Crippen LogP contribution in [0.1, 0.15) is 24.9 Å². The fourth-order valence-electron chi connectivity index (χ4n) is 2.64. The van der Waals surface area contributed by atoms with Crippen LogP contribution >= 0.6 is 0 Å². The maximum Gasteiger partial charge on any atom is 0.0946 e. The minimum absolute atomic E-state index is 0.309. The second-order valence-corrected chi connectivity index (χ2v) is 5.37. The van der Waals surface area contributed by atoms with Gasteiger partial charge in [-0.05, 0) is 35.4 Å². The lowest BCUT2D eigenvalue weighted by Crippen LogP contribution is -2.26. The van der Waals surface area contributed by atoms with E-state index in [0.717, 1.165) is 19.5 Å². The van der Waals surface area contributed by atoms with E-state index in [1.54, 1.807) is 0 Å². The van der Waals surface area contributed by atoms with E-state index in [4.69, 9.17) is 0 Å². The lowest BCUT2D eigenvalue weighted by atomic mass is 10.0. The molecule has 1 aromatic heterocycles. The number of fused-ring (bicyclic) bond motifs is 1. The van der Waals surface area contributed by atoms with Crippen LogP contribution in [0.15, 0.2) is 61.2 Å². The van der Waals surface area contributed by atoms with Crippen molar-refractivity contribution in [2.75, 3.05) is 6.54 Å². The van der Waals surface area contributed by atoms with Crippen molar-refractivity contribution < 1.29 is 0 Å². The van der Waals surface area contributed by atoms with Crippen molar-refractivity contribution in [1.29, 1.82) is 0 Å². The van der Waals surface area contributed by atoms with Gasteiger partial charge in [-0.1, -0.05) is 43.3 Å².